The first-order chi connectivity index (χ1) is 16.6. The van der Waals surface area contributed by atoms with Crippen LogP contribution in [0.2, 0.25) is 5.02 Å². The molecule has 2 N–H and O–H groups in total. The summed E-state index contributed by atoms with van der Waals surface area (Å²) in [5, 5.41) is 20.1. The number of Topliss-reactive ketones (excluding diaryl/α,β-unsaturated/α-hetero) is 1. The number of nitrogens with two attached hydrogens (primary N) is 1. The quantitative estimate of drug-likeness (QED) is 0.438. The highest BCUT2D eigenvalue weighted by Gasteiger charge is 2.41. The third-order valence-corrected chi connectivity index (χ3v) is 8.40. The highest BCUT2D eigenvalue weighted by atomic mass is 35.5. The van der Waals surface area contributed by atoms with Crippen LogP contribution in [0, 0.1) is 11.3 Å². The number of ketones is 1. The van der Waals surface area contributed by atoms with E-state index in [-0.39, 0.29) is 5.78 Å². The van der Waals surface area contributed by atoms with Crippen LogP contribution < -0.4 is 10.6 Å². The first kappa shape index (κ1) is 22.7. The Bertz CT molecular complexity index is 1360. The summed E-state index contributed by atoms with van der Waals surface area (Å²) in [5.74, 6) is 0.556. The first-order valence-electron chi connectivity index (χ1n) is 10.8. The molecular weight excluding hydrogens is 486 g/mol. The second-order valence-electron chi connectivity index (χ2n) is 7.96. The minimum absolute atomic E-state index is 0.0539. The summed E-state index contributed by atoms with van der Waals surface area (Å²) in [5.41, 5.74) is 10.3. The zero-order valence-corrected chi connectivity index (χ0v) is 20.5. The number of carbonyl (C=O) groups is 1. The monoisotopic (exact) mass is 505 g/mol. The Balaban J connectivity index is 1.52. The van der Waals surface area contributed by atoms with Crippen molar-refractivity contribution in [3.8, 4) is 6.07 Å². The zero-order chi connectivity index (χ0) is 23.7. The van der Waals surface area contributed by atoms with E-state index < -0.39 is 5.92 Å². The van der Waals surface area contributed by atoms with Crippen molar-refractivity contribution in [2.75, 3.05) is 4.90 Å². The number of nitriles is 1. The predicted molar refractivity (Wildman–Crippen MR) is 135 cm³/mol. The van der Waals surface area contributed by atoms with Crippen molar-refractivity contribution in [3.05, 3.63) is 93.4 Å². The van der Waals surface area contributed by atoms with Gasteiger partial charge >= 0.3 is 0 Å². The van der Waals surface area contributed by atoms with Crippen LogP contribution in [0.1, 0.15) is 36.3 Å². The molecule has 0 fully saturated rings. The van der Waals surface area contributed by atoms with Gasteiger partial charge in [0, 0.05) is 28.5 Å². The van der Waals surface area contributed by atoms with Crippen LogP contribution in [-0.4, -0.2) is 16.0 Å². The lowest BCUT2D eigenvalue weighted by Gasteiger charge is -2.38. The summed E-state index contributed by atoms with van der Waals surface area (Å²) in [7, 11) is 0. The molecule has 2 aliphatic rings. The van der Waals surface area contributed by atoms with Gasteiger partial charge in [0.25, 0.3) is 0 Å². The Morgan fingerprint density at radius 1 is 1.15 bits per heavy atom. The minimum atomic E-state index is -0.466. The van der Waals surface area contributed by atoms with Gasteiger partial charge in [0.05, 0.1) is 17.6 Å². The van der Waals surface area contributed by atoms with Crippen LogP contribution in [-0.2, 0) is 10.5 Å². The molecule has 170 valence electrons. The number of carbonyl (C=O) groups excluding carboxylic acids is 1. The number of halogens is 1. The molecule has 0 amide bonds. The third-order valence-electron chi connectivity index (χ3n) is 5.94. The van der Waals surface area contributed by atoms with Gasteiger partial charge in [-0.1, -0.05) is 83.2 Å². The van der Waals surface area contributed by atoms with E-state index in [9.17, 15) is 10.1 Å². The van der Waals surface area contributed by atoms with E-state index in [1.165, 1.54) is 23.1 Å². The average Bonchev–Trinajstić information content (AvgIpc) is 3.32. The lowest BCUT2D eigenvalue weighted by Crippen LogP contribution is -2.38. The van der Waals surface area contributed by atoms with Gasteiger partial charge in [-0.3, -0.25) is 9.69 Å². The fourth-order valence-electron chi connectivity index (χ4n) is 4.39. The molecule has 34 heavy (non-hydrogen) atoms. The van der Waals surface area contributed by atoms with Gasteiger partial charge in [0.1, 0.15) is 5.82 Å². The number of allylic oxidation sites excluding steroid dienone is 3. The molecule has 0 unspecified atom stereocenters. The van der Waals surface area contributed by atoms with Crippen molar-refractivity contribution in [1.82, 2.24) is 10.2 Å². The Morgan fingerprint density at radius 3 is 2.68 bits per heavy atom. The van der Waals surface area contributed by atoms with Crippen molar-refractivity contribution >= 4 is 45.6 Å². The summed E-state index contributed by atoms with van der Waals surface area (Å²) in [6, 6.07) is 19.6. The van der Waals surface area contributed by atoms with Gasteiger partial charge in [-0.25, -0.2) is 0 Å². The second kappa shape index (κ2) is 9.63. The highest BCUT2D eigenvalue weighted by Crippen LogP contribution is 2.47. The normalized spacial score (nSPS) is 18.2. The van der Waals surface area contributed by atoms with Gasteiger partial charge < -0.3 is 5.73 Å². The Morgan fingerprint density at radius 2 is 1.91 bits per heavy atom. The topological polar surface area (TPSA) is 95.9 Å². The standard InChI is InChI=1S/C25H20ClN5OS2/c26-18-10-5-4-9-16(18)14-33-25-30-29-24(34-25)31-19-11-6-12-20(32)22(19)21(17(13-27)23(31)28)15-7-2-1-3-8-15/h1-5,7-10,21H,6,11-12,14,28H2/t21-/m1/s1. The van der Waals surface area contributed by atoms with Crippen molar-refractivity contribution in [1.29, 1.82) is 5.26 Å². The van der Waals surface area contributed by atoms with E-state index >= 15 is 0 Å². The molecule has 5 rings (SSSR count). The number of thioether (sulfide) groups is 1. The summed E-state index contributed by atoms with van der Waals surface area (Å²) in [4.78, 5) is 14.9. The van der Waals surface area contributed by atoms with Crippen molar-refractivity contribution in [3.63, 3.8) is 0 Å². The predicted octanol–water partition coefficient (Wildman–Crippen LogP) is 5.79. The smallest absolute Gasteiger partial charge is 0.219 e. The molecule has 1 atom stereocenters. The lowest BCUT2D eigenvalue weighted by molar-refractivity contribution is -0.116. The van der Waals surface area contributed by atoms with Crippen molar-refractivity contribution < 1.29 is 4.79 Å². The number of rotatable bonds is 5. The molecule has 0 saturated heterocycles. The average molecular weight is 506 g/mol. The summed E-state index contributed by atoms with van der Waals surface area (Å²) >= 11 is 9.20. The summed E-state index contributed by atoms with van der Waals surface area (Å²) in [6.07, 6.45) is 1.88. The molecule has 1 aromatic heterocycles. The molecule has 0 spiro atoms. The number of aromatic nitrogens is 2. The maximum absolute atomic E-state index is 13.1. The van der Waals surface area contributed by atoms with Crippen molar-refractivity contribution in [2.45, 2.75) is 35.3 Å². The van der Waals surface area contributed by atoms with E-state index in [2.05, 4.69) is 16.3 Å². The van der Waals surface area contributed by atoms with Crippen LogP contribution in [0.5, 0.6) is 0 Å². The van der Waals surface area contributed by atoms with E-state index in [1.54, 1.807) is 4.90 Å². The largest absolute Gasteiger partial charge is 0.384 e. The molecule has 2 heterocycles. The third kappa shape index (κ3) is 4.11. The van der Waals surface area contributed by atoms with Crippen LogP contribution in [0.25, 0.3) is 0 Å². The maximum atomic E-state index is 13.1. The number of hydrogen-bond acceptors (Lipinski definition) is 8. The molecule has 0 saturated carbocycles. The Labute approximate surface area is 210 Å². The number of nitrogens with zero attached hydrogens (tertiary/aromatic N) is 4. The number of hydrogen-bond donors (Lipinski definition) is 1. The van der Waals surface area contributed by atoms with E-state index in [1.807, 2.05) is 54.6 Å². The SMILES string of the molecule is N#CC1=C(N)N(c2nnc(SCc3ccccc3Cl)s2)C2=C(C(=O)CCC2)[C@@H]1c1ccccc1. The maximum Gasteiger partial charge on any atom is 0.219 e. The minimum Gasteiger partial charge on any atom is -0.384 e. The molecule has 9 heteroatoms. The fraction of sp³-hybridized carbons (Fsp3) is 0.200. The molecule has 3 aromatic rings. The molecule has 0 radical (unpaired) electrons. The summed E-state index contributed by atoms with van der Waals surface area (Å²) in [6.45, 7) is 0. The van der Waals surface area contributed by atoms with E-state index in [0.29, 0.717) is 45.7 Å². The van der Waals surface area contributed by atoms with Crippen LogP contribution >= 0.6 is 34.7 Å². The second-order valence-corrected chi connectivity index (χ2v) is 10.5. The van der Waals surface area contributed by atoms with Gasteiger partial charge in [0.15, 0.2) is 10.1 Å². The van der Waals surface area contributed by atoms with Crippen LogP contribution in [0.3, 0.4) is 0 Å². The molecule has 2 aromatic carbocycles. The molecule has 0 bridgehead atoms. The van der Waals surface area contributed by atoms with Gasteiger partial charge in [-0.2, -0.15) is 5.26 Å². The fourth-order valence-corrected chi connectivity index (χ4v) is 6.56. The Kier molecular flexibility index (Phi) is 6.42. The molecule has 1 aliphatic carbocycles. The van der Waals surface area contributed by atoms with Gasteiger partial charge in [-0.15, -0.1) is 10.2 Å². The number of benzene rings is 2. The van der Waals surface area contributed by atoms with Gasteiger partial charge in [-0.05, 0) is 30.0 Å². The van der Waals surface area contributed by atoms with Crippen LogP contribution in [0.15, 0.2) is 81.6 Å². The molecule has 6 nitrogen and oxygen atoms in total. The lowest BCUT2D eigenvalue weighted by atomic mass is 9.76. The van der Waals surface area contributed by atoms with Crippen LogP contribution in [0.4, 0.5) is 5.13 Å². The van der Waals surface area contributed by atoms with E-state index in [0.717, 1.165) is 27.6 Å². The first-order valence-corrected chi connectivity index (χ1v) is 13.0. The van der Waals surface area contributed by atoms with E-state index in [4.69, 9.17) is 17.3 Å². The summed E-state index contributed by atoms with van der Waals surface area (Å²) < 4.78 is 0.760. The van der Waals surface area contributed by atoms with Crippen molar-refractivity contribution in [2.24, 2.45) is 5.73 Å². The highest BCUT2D eigenvalue weighted by molar-refractivity contribution is 8.00. The van der Waals surface area contributed by atoms with Gasteiger partial charge in [0.2, 0.25) is 5.13 Å². The zero-order valence-electron chi connectivity index (χ0n) is 18.1. The number of anilines is 1. The molecule has 1 aliphatic heterocycles. The molecular formula is C25H20ClN5OS2. The Hall–Kier alpha value is -3.12.